The number of ether oxygens (including phenoxy) is 2. The second-order valence-electron chi connectivity index (χ2n) is 5.13. The molecular weight excluding hydrogens is 386 g/mol. The van der Waals surface area contributed by atoms with Crippen LogP contribution < -0.4 is 0 Å². The molecule has 0 fully saturated rings. The van der Waals surface area contributed by atoms with Gasteiger partial charge in [-0.15, -0.1) is 0 Å². The fourth-order valence-electron chi connectivity index (χ4n) is 1.92. The van der Waals surface area contributed by atoms with Crippen LogP contribution in [0.2, 0.25) is 5.02 Å². The van der Waals surface area contributed by atoms with Gasteiger partial charge in [0.1, 0.15) is 18.9 Å². The lowest BCUT2D eigenvalue weighted by atomic mass is 10.4. The molecule has 0 spiro atoms. The number of nitrogens with zero attached hydrogens (tertiary/aromatic N) is 1. The molecule has 26 heavy (non-hydrogen) atoms. The van der Waals surface area contributed by atoms with E-state index in [1.54, 1.807) is 0 Å². The summed E-state index contributed by atoms with van der Waals surface area (Å²) in [6.45, 7) is -0.736. The number of furan rings is 1. The maximum atomic E-state index is 12.4. The Hall–Kier alpha value is -2.36. The molecule has 8 nitrogen and oxygen atoms in total. The van der Waals surface area contributed by atoms with Crippen LogP contribution in [-0.2, 0) is 30.9 Å². The molecule has 0 aliphatic heterocycles. The van der Waals surface area contributed by atoms with E-state index < -0.39 is 28.5 Å². The molecule has 0 aliphatic carbocycles. The third kappa shape index (κ3) is 4.84. The van der Waals surface area contributed by atoms with Gasteiger partial charge in [0, 0.05) is 12.1 Å². The zero-order valence-corrected chi connectivity index (χ0v) is 15.5. The van der Waals surface area contributed by atoms with Crippen molar-refractivity contribution < 1.29 is 31.9 Å². The number of rotatable bonds is 7. The van der Waals surface area contributed by atoms with E-state index in [0.29, 0.717) is 5.02 Å². The molecule has 0 bridgehead atoms. The molecule has 0 saturated heterocycles. The highest BCUT2D eigenvalue weighted by Gasteiger charge is 2.23. The Kier molecular flexibility index (Phi) is 6.41. The number of hydrogen-bond donors (Lipinski definition) is 0. The van der Waals surface area contributed by atoms with Crippen LogP contribution in [0, 0.1) is 0 Å². The van der Waals surface area contributed by atoms with E-state index in [2.05, 4.69) is 4.74 Å². The van der Waals surface area contributed by atoms with E-state index in [1.165, 1.54) is 50.6 Å². The highest BCUT2D eigenvalue weighted by atomic mass is 35.5. The Balaban J connectivity index is 1.93. The standard InChI is InChI=1S/C16H16ClNO7S/c1-18(26(21,22)13-6-3-11(17)4-7-13)9-15(19)24-10-12-5-8-14(25-12)16(20)23-2/h3-8H,9-10H2,1-2H3. The third-order valence-corrected chi connectivity index (χ3v) is 5.37. The van der Waals surface area contributed by atoms with E-state index in [-0.39, 0.29) is 23.0 Å². The monoisotopic (exact) mass is 401 g/mol. The predicted molar refractivity (Wildman–Crippen MR) is 91.1 cm³/mol. The number of hydrogen-bond acceptors (Lipinski definition) is 7. The summed E-state index contributed by atoms with van der Waals surface area (Å²) in [5.74, 6) is -1.24. The summed E-state index contributed by atoms with van der Waals surface area (Å²) in [6, 6.07) is 8.40. The first-order valence-electron chi connectivity index (χ1n) is 7.28. The van der Waals surface area contributed by atoms with Crippen molar-refractivity contribution in [1.29, 1.82) is 0 Å². The number of likely N-dealkylation sites (N-methyl/N-ethyl adjacent to an activating group) is 1. The van der Waals surface area contributed by atoms with Crippen LogP contribution in [0.25, 0.3) is 0 Å². The van der Waals surface area contributed by atoms with Crippen LogP contribution in [0.1, 0.15) is 16.3 Å². The average Bonchev–Trinajstić information content (AvgIpc) is 3.08. The molecule has 0 N–H and O–H groups in total. The van der Waals surface area contributed by atoms with Crippen LogP contribution in [0.5, 0.6) is 0 Å². The van der Waals surface area contributed by atoms with Crippen LogP contribution >= 0.6 is 11.6 Å². The summed E-state index contributed by atoms with van der Waals surface area (Å²) in [5, 5.41) is 0.399. The van der Waals surface area contributed by atoms with E-state index >= 15 is 0 Å². The van der Waals surface area contributed by atoms with Crippen molar-refractivity contribution in [1.82, 2.24) is 4.31 Å². The van der Waals surface area contributed by atoms with Gasteiger partial charge >= 0.3 is 11.9 Å². The lowest BCUT2D eigenvalue weighted by Gasteiger charge is -2.16. The van der Waals surface area contributed by atoms with Crippen LogP contribution in [0.4, 0.5) is 0 Å². The van der Waals surface area contributed by atoms with Gasteiger partial charge < -0.3 is 13.9 Å². The number of carbonyl (C=O) groups excluding carboxylic acids is 2. The Morgan fingerprint density at radius 1 is 1.15 bits per heavy atom. The van der Waals surface area contributed by atoms with E-state index in [4.69, 9.17) is 20.8 Å². The van der Waals surface area contributed by atoms with Crippen LogP contribution in [0.15, 0.2) is 45.7 Å². The first kappa shape index (κ1) is 20.0. The molecule has 0 radical (unpaired) electrons. The summed E-state index contributed by atoms with van der Waals surface area (Å²) < 4.78 is 40.2. The van der Waals surface area contributed by atoms with Crippen molar-refractivity contribution in [3.63, 3.8) is 0 Å². The smallest absolute Gasteiger partial charge is 0.373 e. The minimum atomic E-state index is -3.86. The average molecular weight is 402 g/mol. The molecule has 2 aromatic rings. The number of methoxy groups -OCH3 is 1. The number of halogens is 1. The van der Waals surface area contributed by atoms with Gasteiger partial charge in [-0.05, 0) is 36.4 Å². The first-order chi connectivity index (χ1) is 12.2. The zero-order valence-electron chi connectivity index (χ0n) is 14.0. The van der Waals surface area contributed by atoms with Gasteiger partial charge in [0.2, 0.25) is 15.8 Å². The van der Waals surface area contributed by atoms with Crippen molar-refractivity contribution in [2.24, 2.45) is 0 Å². The molecule has 1 heterocycles. The third-order valence-electron chi connectivity index (χ3n) is 3.30. The first-order valence-corrected chi connectivity index (χ1v) is 9.10. The van der Waals surface area contributed by atoms with Crippen LogP contribution in [-0.4, -0.2) is 45.4 Å². The summed E-state index contributed by atoms with van der Waals surface area (Å²) in [4.78, 5) is 23.1. The minimum absolute atomic E-state index is 0.00551. The predicted octanol–water partition coefficient (Wildman–Crippen LogP) is 2.08. The lowest BCUT2D eigenvalue weighted by molar-refractivity contribution is -0.145. The fraction of sp³-hybridized carbons (Fsp3) is 0.250. The second-order valence-corrected chi connectivity index (χ2v) is 7.61. The second kappa shape index (κ2) is 8.35. The van der Waals surface area contributed by atoms with Gasteiger partial charge in [-0.25, -0.2) is 13.2 Å². The summed E-state index contributed by atoms with van der Waals surface area (Å²) in [5.41, 5.74) is 0. The van der Waals surface area contributed by atoms with Gasteiger partial charge in [-0.2, -0.15) is 4.31 Å². The van der Waals surface area contributed by atoms with E-state index in [0.717, 1.165) is 4.31 Å². The Labute approximate surface area is 155 Å². The molecule has 140 valence electrons. The summed E-state index contributed by atoms with van der Waals surface area (Å²) in [6.07, 6.45) is 0. The normalized spacial score (nSPS) is 11.4. The molecule has 1 aromatic heterocycles. The van der Waals surface area contributed by atoms with Gasteiger partial charge in [0.05, 0.1) is 12.0 Å². The molecule has 0 atom stereocenters. The van der Waals surface area contributed by atoms with Gasteiger partial charge in [0.25, 0.3) is 0 Å². The molecule has 0 amide bonds. The molecule has 0 aliphatic rings. The van der Waals surface area contributed by atoms with Crippen molar-refractivity contribution in [2.45, 2.75) is 11.5 Å². The topological polar surface area (TPSA) is 103 Å². The fourth-order valence-corrected chi connectivity index (χ4v) is 3.16. The number of benzene rings is 1. The highest BCUT2D eigenvalue weighted by Crippen LogP contribution is 2.17. The Morgan fingerprint density at radius 2 is 1.81 bits per heavy atom. The number of esters is 2. The molecule has 2 rings (SSSR count). The highest BCUT2D eigenvalue weighted by molar-refractivity contribution is 7.89. The number of carbonyl (C=O) groups is 2. The van der Waals surface area contributed by atoms with Gasteiger partial charge in [-0.3, -0.25) is 4.79 Å². The molecule has 0 saturated carbocycles. The zero-order chi connectivity index (χ0) is 19.3. The number of sulfonamides is 1. The largest absolute Gasteiger partial charge is 0.463 e. The maximum Gasteiger partial charge on any atom is 0.373 e. The van der Waals surface area contributed by atoms with Crippen molar-refractivity contribution in [2.75, 3.05) is 20.7 Å². The quantitative estimate of drug-likeness (QED) is 0.654. The van der Waals surface area contributed by atoms with Crippen molar-refractivity contribution in [3.05, 3.63) is 52.9 Å². The Bertz CT molecular complexity index is 890. The molecule has 0 unspecified atom stereocenters. The molecule has 1 aromatic carbocycles. The minimum Gasteiger partial charge on any atom is -0.463 e. The van der Waals surface area contributed by atoms with Crippen molar-refractivity contribution >= 4 is 33.6 Å². The summed E-state index contributed by atoms with van der Waals surface area (Å²) >= 11 is 5.74. The molecule has 10 heteroatoms. The molecular formula is C16H16ClNO7S. The Morgan fingerprint density at radius 3 is 2.42 bits per heavy atom. The SMILES string of the molecule is COC(=O)c1ccc(COC(=O)CN(C)S(=O)(=O)c2ccc(Cl)cc2)o1. The van der Waals surface area contributed by atoms with Crippen molar-refractivity contribution in [3.8, 4) is 0 Å². The van der Waals surface area contributed by atoms with Gasteiger partial charge in [-0.1, -0.05) is 11.6 Å². The maximum absolute atomic E-state index is 12.4. The van der Waals surface area contributed by atoms with Gasteiger partial charge in [0.15, 0.2) is 0 Å². The van der Waals surface area contributed by atoms with E-state index in [9.17, 15) is 18.0 Å². The lowest BCUT2D eigenvalue weighted by Crippen LogP contribution is -2.33. The van der Waals surface area contributed by atoms with E-state index in [1.807, 2.05) is 0 Å². The summed E-state index contributed by atoms with van der Waals surface area (Å²) in [7, 11) is -1.39. The van der Waals surface area contributed by atoms with Crippen LogP contribution in [0.3, 0.4) is 0 Å².